The number of amides is 1. The van der Waals surface area contributed by atoms with Gasteiger partial charge in [-0.05, 0) is 35.9 Å². The van der Waals surface area contributed by atoms with Gasteiger partial charge in [0.05, 0.1) is 44.2 Å². The van der Waals surface area contributed by atoms with E-state index < -0.39 is 20.9 Å². The van der Waals surface area contributed by atoms with Crippen LogP contribution in [-0.4, -0.2) is 25.5 Å². The Morgan fingerprint density at radius 3 is 2.30 bits per heavy atom. The lowest BCUT2D eigenvalue weighted by Crippen LogP contribution is -2.29. The molecule has 0 aromatic heterocycles. The molecule has 0 aliphatic rings. The summed E-state index contributed by atoms with van der Waals surface area (Å²) in [5, 5.41) is 13.9. The smallest absolute Gasteiger partial charge is 0.271 e. The van der Waals surface area contributed by atoms with Crippen molar-refractivity contribution in [3.05, 3.63) is 97.0 Å². The van der Waals surface area contributed by atoms with Crippen LogP contribution in [0.1, 0.15) is 15.9 Å². The van der Waals surface area contributed by atoms with Gasteiger partial charge in [0.25, 0.3) is 11.6 Å². The minimum Gasteiger partial charge on any atom is -0.320 e. The van der Waals surface area contributed by atoms with Gasteiger partial charge in [0, 0.05) is 17.7 Å². The zero-order chi connectivity index (χ0) is 24.3. The molecule has 0 unspecified atom stereocenters. The summed E-state index contributed by atoms with van der Waals surface area (Å²) in [4.78, 5) is 22.9. The Morgan fingerprint density at radius 1 is 1.03 bits per heavy atom. The molecule has 0 spiro atoms. The molecule has 3 aromatic rings. The summed E-state index contributed by atoms with van der Waals surface area (Å²) in [6.07, 6.45) is 1.05. The zero-order valence-electron chi connectivity index (χ0n) is 17.0. The fourth-order valence-corrected chi connectivity index (χ4v) is 4.42. The standard InChI is InChI=1S/C21H16Cl3N3O5S/c1-33(31,32)26(19-4-2-3-17(23)20(19)24)12-13-5-7-14(8-6-13)21(28)25-18-11-15(27(29)30)9-10-16(18)22/h2-11H,12H2,1H3,(H,25,28). The summed E-state index contributed by atoms with van der Waals surface area (Å²) in [6.45, 7) is -0.0441. The SMILES string of the molecule is CS(=O)(=O)N(Cc1ccc(C(=O)Nc2cc([N+](=O)[O-])ccc2Cl)cc1)c1cccc(Cl)c1Cl. The predicted octanol–water partition coefficient (Wildman–Crippen LogP) is 5.77. The van der Waals surface area contributed by atoms with Crippen LogP contribution in [0.5, 0.6) is 0 Å². The number of benzene rings is 3. The van der Waals surface area contributed by atoms with Gasteiger partial charge in [-0.1, -0.05) is 53.0 Å². The molecule has 0 aliphatic carbocycles. The first-order chi connectivity index (χ1) is 15.5. The van der Waals surface area contributed by atoms with Crippen LogP contribution < -0.4 is 9.62 Å². The van der Waals surface area contributed by atoms with E-state index >= 15 is 0 Å². The Balaban J connectivity index is 1.82. The number of halogens is 3. The molecule has 172 valence electrons. The summed E-state index contributed by atoms with van der Waals surface area (Å²) < 4.78 is 25.9. The second-order valence-electron chi connectivity index (χ2n) is 6.91. The van der Waals surface area contributed by atoms with Crippen molar-refractivity contribution in [3.8, 4) is 0 Å². The highest BCUT2D eigenvalue weighted by Crippen LogP contribution is 2.34. The Bertz CT molecular complexity index is 1330. The second kappa shape index (κ2) is 9.96. The van der Waals surface area contributed by atoms with E-state index in [1.165, 1.54) is 24.3 Å². The molecule has 8 nitrogen and oxygen atoms in total. The van der Waals surface area contributed by atoms with Crippen LogP contribution >= 0.6 is 34.8 Å². The van der Waals surface area contributed by atoms with Gasteiger partial charge in [-0.2, -0.15) is 0 Å². The van der Waals surface area contributed by atoms with E-state index in [0.717, 1.165) is 16.6 Å². The van der Waals surface area contributed by atoms with E-state index in [1.54, 1.807) is 30.3 Å². The van der Waals surface area contributed by atoms with Crippen LogP contribution in [0.3, 0.4) is 0 Å². The van der Waals surface area contributed by atoms with Gasteiger partial charge in [0.1, 0.15) is 0 Å². The fourth-order valence-electron chi connectivity index (χ4n) is 2.91. The molecule has 12 heteroatoms. The van der Waals surface area contributed by atoms with Crippen LogP contribution in [0, 0.1) is 10.1 Å². The number of nitro benzene ring substituents is 1. The lowest BCUT2D eigenvalue weighted by atomic mass is 10.1. The van der Waals surface area contributed by atoms with E-state index in [-0.39, 0.29) is 44.2 Å². The lowest BCUT2D eigenvalue weighted by Gasteiger charge is -2.24. The maximum Gasteiger partial charge on any atom is 0.271 e. The molecule has 33 heavy (non-hydrogen) atoms. The van der Waals surface area contributed by atoms with Crippen molar-refractivity contribution in [1.82, 2.24) is 0 Å². The maximum absolute atomic E-state index is 12.6. The number of non-ortho nitro benzene ring substituents is 1. The van der Waals surface area contributed by atoms with Gasteiger partial charge in [-0.3, -0.25) is 19.2 Å². The average molecular weight is 529 g/mol. The first-order valence-electron chi connectivity index (χ1n) is 9.23. The van der Waals surface area contributed by atoms with Crippen molar-refractivity contribution < 1.29 is 18.1 Å². The van der Waals surface area contributed by atoms with E-state index in [9.17, 15) is 23.3 Å². The molecular formula is C21H16Cl3N3O5S. The normalized spacial score (nSPS) is 11.2. The Labute approximate surface area is 204 Å². The summed E-state index contributed by atoms with van der Waals surface area (Å²) in [7, 11) is -3.70. The Hall–Kier alpha value is -2.85. The quantitative estimate of drug-likeness (QED) is 0.309. The molecular weight excluding hydrogens is 513 g/mol. The zero-order valence-corrected chi connectivity index (χ0v) is 20.0. The molecule has 0 saturated heterocycles. The molecule has 0 radical (unpaired) electrons. The van der Waals surface area contributed by atoms with E-state index in [1.807, 2.05) is 0 Å². The van der Waals surface area contributed by atoms with Crippen molar-refractivity contribution in [2.75, 3.05) is 15.9 Å². The molecule has 0 fully saturated rings. The van der Waals surface area contributed by atoms with Gasteiger partial charge in [-0.15, -0.1) is 0 Å². The van der Waals surface area contributed by atoms with Gasteiger partial charge in [-0.25, -0.2) is 8.42 Å². The van der Waals surface area contributed by atoms with Gasteiger partial charge < -0.3 is 5.32 Å². The third kappa shape index (κ3) is 5.94. The number of sulfonamides is 1. The van der Waals surface area contributed by atoms with E-state index in [0.29, 0.717) is 5.56 Å². The van der Waals surface area contributed by atoms with E-state index in [4.69, 9.17) is 34.8 Å². The van der Waals surface area contributed by atoms with Crippen molar-refractivity contribution in [2.45, 2.75) is 6.54 Å². The number of nitrogens with one attached hydrogen (secondary N) is 1. The lowest BCUT2D eigenvalue weighted by molar-refractivity contribution is -0.384. The molecule has 1 N–H and O–H groups in total. The molecule has 0 atom stereocenters. The van der Waals surface area contributed by atoms with Crippen LogP contribution in [0.2, 0.25) is 15.1 Å². The number of rotatable bonds is 7. The summed E-state index contributed by atoms with van der Waals surface area (Å²) in [5.41, 5.74) is 0.938. The van der Waals surface area contributed by atoms with Crippen molar-refractivity contribution in [3.63, 3.8) is 0 Å². The predicted molar refractivity (Wildman–Crippen MR) is 130 cm³/mol. The minimum atomic E-state index is -3.70. The molecule has 1 amide bonds. The van der Waals surface area contributed by atoms with Crippen LogP contribution in [0.25, 0.3) is 0 Å². The van der Waals surface area contributed by atoms with Gasteiger partial charge >= 0.3 is 0 Å². The molecule has 0 bridgehead atoms. The van der Waals surface area contributed by atoms with Crippen LogP contribution in [-0.2, 0) is 16.6 Å². The molecule has 3 aromatic carbocycles. The average Bonchev–Trinajstić information content (AvgIpc) is 2.75. The number of hydrogen-bond donors (Lipinski definition) is 1. The highest BCUT2D eigenvalue weighted by atomic mass is 35.5. The number of anilines is 2. The summed E-state index contributed by atoms with van der Waals surface area (Å²) in [6, 6.07) is 14.6. The van der Waals surface area contributed by atoms with Gasteiger partial charge in [0.15, 0.2) is 0 Å². The Morgan fingerprint density at radius 2 is 1.70 bits per heavy atom. The molecule has 0 saturated carbocycles. The van der Waals surface area contributed by atoms with Crippen LogP contribution in [0.15, 0.2) is 60.7 Å². The minimum absolute atomic E-state index is 0.0441. The van der Waals surface area contributed by atoms with E-state index in [2.05, 4.69) is 5.32 Å². The Kier molecular flexibility index (Phi) is 7.48. The maximum atomic E-state index is 12.6. The third-order valence-corrected chi connectivity index (χ3v) is 6.82. The van der Waals surface area contributed by atoms with Crippen molar-refractivity contribution in [1.29, 1.82) is 0 Å². The second-order valence-corrected chi connectivity index (χ2v) is 10.0. The largest absolute Gasteiger partial charge is 0.320 e. The highest BCUT2D eigenvalue weighted by molar-refractivity contribution is 7.92. The third-order valence-electron chi connectivity index (χ3n) is 4.55. The molecule has 0 heterocycles. The monoisotopic (exact) mass is 527 g/mol. The number of carbonyl (C=O) groups excluding carboxylic acids is 1. The van der Waals surface area contributed by atoms with Crippen molar-refractivity contribution >= 4 is 67.8 Å². The van der Waals surface area contributed by atoms with Crippen LogP contribution in [0.4, 0.5) is 17.1 Å². The topological polar surface area (TPSA) is 110 Å². The number of carbonyl (C=O) groups is 1. The van der Waals surface area contributed by atoms with Gasteiger partial charge in [0.2, 0.25) is 10.0 Å². The molecule has 3 rings (SSSR count). The first-order valence-corrected chi connectivity index (χ1v) is 12.2. The summed E-state index contributed by atoms with van der Waals surface area (Å²) >= 11 is 18.3. The number of hydrogen-bond acceptors (Lipinski definition) is 5. The fraction of sp³-hybridized carbons (Fsp3) is 0.0952. The molecule has 0 aliphatic heterocycles. The number of nitro groups is 1. The first kappa shape index (κ1) is 24.8. The highest BCUT2D eigenvalue weighted by Gasteiger charge is 2.22. The summed E-state index contributed by atoms with van der Waals surface area (Å²) in [5.74, 6) is -0.540. The van der Waals surface area contributed by atoms with Crippen molar-refractivity contribution in [2.24, 2.45) is 0 Å². The number of nitrogens with zero attached hydrogens (tertiary/aromatic N) is 2.